The van der Waals surface area contributed by atoms with Gasteiger partial charge in [0, 0.05) is 48.6 Å². The number of halogens is 3. The molecule has 4 N–H and O–H groups in total. The van der Waals surface area contributed by atoms with Gasteiger partial charge in [-0.15, -0.1) is 0 Å². The zero-order valence-electron chi connectivity index (χ0n) is 19.2. The van der Waals surface area contributed by atoms with Crippen LogP contribution in [0.15, 0.2) is 52.6 Å². The molecule has 2 aliphatic carbocycles. The zero-order chi connectivity index (χ0) is 24.6. The number of aromatic hydroxyl groups is 1. The van der Waals surface area contributed by atoms with Crippen LogP contribution in [0.25, 0.3) is 5.70 Å². The molecular formula is C26H29F3N4O2. The van der Waals surface area contributed by atoms with Crippen LogP contribution in [0.2, 0.25) is 0 Å². The summed E-state index contributed by atoms with van der Waals surface area (Å²) in [5, 5.41) is 19.6. The van der Waals surface area contributed by atoms with E-state index in [1.165, 1.54) is 18.2 Å². The molecule has 186 valence electrons. The number of amides is 1. The molecule has 6 nitrogen and oxygen atoms in total. The quantitative estimate of drug-likeness (QED) is 0.514. The van der Waals surface area contributed by atoms with Gasteiger partial charge in [0.2, 0.25) is 0 Å². The summed E-state index contributed by atoms with van der Waals surface area (Å²) in [6.07, 6.45) is 4.57. The third kappa shape index (κ3) is 5.29. The number of alkyl halides is 3. The van der Waals surface area contributed by atoms with Crippen molar-refractivity contribution >= 4 is 17.8 Å². The number of carbonyl (C=O) groups is 1. The first-order chi connectivity index (χ1) is 16.8. The number of hydrogen-bond donors (Lipinski definition) is 4. The maximum Gasteiger partial charge on any atom is 0.416 e. The molecule has 2 fully saturated rings. The highest BCUT2D eigenvalue weighted by molar-refractivity contribution is 6.13. The summed E-state index contributed by atoms with van der Waals surface area (Å²) in [5.41, 5.74) is 1.49. The highest BCUT2D eigenvalue weighted by Gasteiger charge is 2.34. The number of rotatable bonds is 5. The van der Waals surface area contributed by atoms with Gasteiger partial charge in [0.25, 0.3) is 5.91 Å². The molecule has 4 aliphatic rings. The second-order valence-electron chi connectivity index (χ2n) is 9.75. The van der Waals surface area contributed by atoms with E-state index < -0.39 is 11.7 Å². The Morgan fingerprint density at radius 2 is 1.97 bits per heavy atom. The number of phenols is 1. The van der Waals surface area contributed by atoms with Crippen molar-refractivity contribution in [1.29, 1.82) is 0 Å². The lowest BCUT2D eigenvalue weighted by Gasteiger charge is -2.32. The van der Waals surface area contributed by atoms with Crippen LogP contribution in [0.3, 0.4) is 0 Å². The molecule has 1 aromatic rings. The normalized spacial score (nSPS) is 26.6. The van der Waals surface area contributed by atoms with Gasteiger partial charge in [-0.1, -0.05) is 12.1 Å². The molecule has 1 saturated carbocycles. The van der Waals surface area contributed by atoms with Gasteiger partial charge in [-0.05, 0) is 62.0 Å². The minimum absolute atomic E-state index is 0.00295. The van der Waals surface area contributed by atoms with E-state index in [4.69, 9.17) is 0 Å². The van der Waals surface area contributed by atoms with E-state index >= 15 is 0 Å². The third-order valence-corrected chi connectivity index (χ3v) is 7.22. The summed E-state index contributed by atoms with van der Waals surface area (Å²) in [6.45, 7) is 1.82. The van der Waals surface area contributed by atoms with Gasteiger partial charge in [-0.25, -0.2) is 0 Å². The molecule has 1 aromatic carbocycles. The minimum Gasteiger partial charge on any atom is -0.508 e. The molecule has 2 heterocycles. The Morgan fingerprint density at radius 3 is 2.71 bits per heavy atom. The highest BCUT2D eigenvalue weighted by Crippen LogP contribution is 2.35. The van der Waals surface area contributed by atoms with Crippen molar-refractivity contribution in [2.24, 2.45) is 10.9 Å². The number of nitrogens with zero attached hydrogens (tertiary/aromatic N) is 1. The lowest BCUT2D eigenvalue weighted by molar-refractivity contribution is -0.117. The number of aliphatic imine (C=N–C) groups is 1. The van der Waals surface area contributed by atoms with Crippen molar-refractivity contribution in [3.05, 3.63) is 58.7 Å². The Morgan fingerprint density at radius 1 is 1.17 bits per heavy atom. The van der Waals surface area contributed by atoms with Gasteiger partial charge >= 0.3 is 6.18 Å². The Kier molecular flexibility index (Phi) is 6.44. The Bertz CT molecular complexity index is 1120. The Balaban J connectivity index is 1.28. The van der Waals surface area contributed by atoms with Crippen LogP contribution in [0.5, 0.6) is 5.75 Å². The first-order valence-electron chi connectivity index (χ1n) is 12.1. The summed E-state index contributed by atoms with van der Waals surface area (Å²) < 4.78 is 40.7. The SMILES string of the molecule is O=C(N[C@@H]1CCCC(NC2=CC(C(F)(F)F)=CCc3ccc(O)cc32)C1)C1=C[C@H](C2CNC2)N=C1. The lowest BCUT2D eigenvalue weighted by Crippen LogP contribution is -2.47. The molecule has 0 radical (unpaired) electrons. The van der Waals surface area contributed by atoms with E-state index in [0.29, 0.717) is 34.7 Å². The molecule has 0 bridgehead atoms. The standard InChI is InChI=1S/C26H29F3N4O2/c27-26(28,29)18-6-4-15-5-7-21(34)11-22(15)24(9-18)32-19-2-1-3-20(10-19)33-25(35)16-8-23(31-14-16)17-12-30-13-17/h5-9,11,14,17,19-20,23,30,32,34H,1-4,10,12-13H2,(H,33,35)/t19?,20-,23-/m1/s1. The molecular weight excluding hydrogens is 457 g/mol. The monoisotopic (exact) mass is 486 g/mol. The van der Waals surface area contributed by atoms with E-state index in [1.807, 2.05) is 6.08 Å². The maximum absolute atomic E-state index is 13.6. The van der Waals surface area contributed by atoms with Crippen LogP contribution in [0, 0.1) is 5.92 Å². The van der Waals surface area contributed by atoms with Crippen molar-refractivity contribution in [3.63, 3.8) is 0 Å². The number of carbonyl (C=O) groups excluding carboxylic acids is 1. The number of hydrogen-bond acceptors (Lipinski definition) is 5. The van der Waals surface area contributed by atoms with E-state index in [1.54, 1.807) is 12.3 Å². The van der Waals surface area contributed by atoms with Crippen LogP contribution < -0.4 is 16.0 Å². The second kappa shape index (κ2) is 9.53. The van der Waals surface area contributed by atoms with Crippen LogP contribution in [-0.4, -0.2) is 54.6 Å². The molecule has 3 atom stereocenters. The number of phenolic OH excluding ortho intramolecular Hbond substituents is 1. The zero-order valence-corrected chi connectivity index (χ0v) is 19.2. The smallest absolute Gasteiger partial charge is 0.416 e. The molecule has 0 spiro atoms. The number of fused-ring (bicyclic) bond motifs is 1. The second-order valence-corrected chi connectivity index (χ2v) is 9.75. The van der Waals surface area contributed by atoms with Crippen molar-refractivity contribution in [1.82, 2.24) is 16.0 Å². The summed E-state index contributed by atoms with van der Waals surface area (Å²) in [7, 11) is 0. The van der Waals surface area contributed by atoms with Crippen LogP contribution >= 0.6 is 0 Å². The van der Waals surface area contributed by atoms with Gasteiger partial charge in [-0.3, -0.25) is 9.79 Å². The van der Waals surface area contributed by atoms with Crippen LogP contribution in [-0.2, 0) is 11.2 Å². The average Bonchev–Trinajstić information content (AvgIpc) is 3.16. The first-order valence-corrected chi connectivity index (χ1v) is 12.1. The average molecular weight is 487 g/mol. The van der Waals surface area contributed by atoms with Gasteiger partial charge in [0.1, 0.15) is 5.75 Å². The predicted octanol–water partition coefficient (Wildman–Crippen LogP) is 3.39. The molecule has 2 aliphatic heterocycles. The molecule has 0 aromatic heterocycles. The lowest BCUT2D eigenvalue weighted by atomic mass is 9.89. The topological polar surface area (TPSA) is 85.8 Å². The fourth-order valence-corrected chi connectivity index (χ4v) is 5.14. The van der Waals surface area contributed by atoms with Gasteiger partial charge in [0.05, 0.1) is 17.2 Å². The summed E-state index contributed by atoms with van der Waals surface area (Å²) in [4.78, 5) is 17.3. The van der Waals surface area contributed by atoms with E-state index in [2.05, 4.69) is 20.9 Å². The molecule has 1 unspecified atom stereocenters. The highest BCUT2D eigenvalue weighted by atomic mass is 19.4. The van der Waals surface area contributed by atoms with Crippen molar-refractivity contribution in [3.8, 4) is 5.75 Å². The van der Waals surface area contributed by atoms with Crippen molar-refractivity contribution < 1.29 is 23.1 Å². The molecule has 1 saturated heterocycles. The summed E-state index contributed by atoms with van der Waals surface area (Å²) in [5.74, 6) is 0.286. The van der Waals surface area contributed by atoms with Gasteiger partial charge in [0.15, 0.2) is 0 Å². The predicted molar refractivity (Wildman–Crippen MR) is 128 cm³/mol. The van der Waals surface area contributed by atoms with E-state index in [0.717, 1.165) is 38.4 Å². The number of allylic oxidation sites excluding steroid dienone is 3. The molecule has 9 heteroatoms. The van der Waals surface area contributed by atoms with E-state index in [9.17, 15) is 23.1 Å². The van der Waals surface area contributed by atoms with Crippen molar-refractivity contribution in [2.75, 3.05) is 13.1 Å². The van der Waals surface area contributed by atoms with Gasteiger partial charge < -0.3 is 21.1 Å². The fraction of sp³-hybridized carbons (Fsp3) is 0.462. The largest absolute Gasteiger partial charge is 0.508 e. The molecule has 1 amide bonds. The molecule has 5 rings (SSSR count). The number of nitrogens with one attached hydrogen (secondary N) is 3. The van der Waals surface area contributed by atoms with Crippen LogP contribution in [0.4, 0.5) is 13.2 Å². The van der Waals surface area contributed by atoms with E-state index in [-0.39, 0.29) is 36.2 Å². The Hall–Kier alpha value is -3.07. The van der Waals surface area contributed by atoms with Crippen LogP contribution in [0.1, 0.15) is 36.8 Å². The van der Waals surface area contributed by atoms with Gasteiger partial charge in [-0.2, -0.15) is 13.2 Å². The number of benzene rings is 1. The van der Waals surface area contributed by atoms with Crippen molar-refractivity contribution in [2.45, 2.75) is 56.4 Å². The maximum atomic E-state index is 13.6. The summed E-state index contributed by atoms with van der Waals surface area (Å²) >= 11 is 0. The molecule has 35 heavy (non-hydrogen) atoms. The fourth-order valence-electron chi connectivity index (χ4n) is 5.14. The Labute approximate surface area is 202 Å². The third-order valence-electron chi connectivity index (χ3n) is 7.22. The summed E-state index contributed by atoms with van der Waals surface area (Å²) in [6, 6.07) is 4.50. The minimum atomic E-state index is -4.47. The first kappa shape index (κ1) is 23.7.